The van der Waals surface area contributed by atoms with Gasteiger partial charge in [0.05, 0.1) is 0 Å². The van der Waals surface area contributed by atoms with Crippen LogP contribution in [0.25, 0.3) is 11.3 Å². The second kappa shape index (κ2) is 5.38. The number of nitrogens with zero attached hydrogens (tertiary/aromatic N) is 2. The number of hydrogen-bond donors (Lipinski definition) is 0. The average Bonchev–Trinajstić information content (AvgIpc) is 2.66. The van der Waals surface area contributed by atoms with E-state index >= 15 is 0 Å². The predicted molar refractivity (Wildman–Crippen MR) is 86.1 cm³/mol. The van der Waals surface area contributed by atoms with Gasteiger partial charge in [0.15, 0.2) is 0 Å². The van der Waals surface area contributed by atoms with Crippen LogP contribution in [0.3, 0.4) is 0 Å². The third-order valence-electron chi connectivity index (χ3n) is 5.72. The van der Waals surface area contributed by atoms with Gasteiger partial charge in [-0.05, 0) is 0 Å². The van der Waals surface area contributed by atoms with Gasteiger partial charge in [-0.3, -0.25) is 0 Å². The van der Waals surface area contributed by atoms with Gasteiger partial charge >= 0.3 is 151 Å². The van der Waals surface area contributed by atoms with E-state index in [9.17, 15) is 4.39 Å². The Morgan fingerprint density at radius 2 is 2.09 bits per heavy atom. The van der Waals surface area contributed by atoms with Crippen molar-refractivity contribution in [1.29, 1.82) is 0 Å². The summed E-state index contributed by atoms with van der Waals surface area (Å²) in [6.45, 7) is 4.63. The van der Waals surface area contributed by atoms with Crippen LogP contribution in [0.5, 0.6) is 0 Å². The normalized spacial score (nSPS) is 28.1. The van der Waals surface area contributed by atoms with Gasteiger partial charge in [0.1, 0.15) is 0 Å². The van der Waals surface area contributed by atoms with Crippen LogP contribution in [0, 0.1) is 11.2 Å². The van der Waals surface area contributed by atoms with Crippen LogP contribution >= 0.6 is 11.6 Å². The van der Waals surface area contributed by atoms with Crippen molar-refractivity contribution in [3.63, 3.8) is 0 Å². The Balaban J connectivity index is 1.91. The van der Waals surface area contributed by atoms with E-state index in [1.807, 2.05) is 6.07 Å². The van der Waals surface area contributed by atoms with Crippen LogP contribution in [0.15, 0.2) is 30.3 Å². The van der Waals surface area contributed by atoms with Gasteiger partial charge in [0.25, 0.3) is 0 Å². The van der Waals surface area contributed by atoms with Crippen molar-refractivity contribution in [2.75, 3.05) is 14.7 Å². The Kier molecular flexibility index (Phi) is 3.69. The zero-order valence-corrected chi connectivity index (χ0v) is 16.0. The van der Waals surface area contributed by atoms with Crippen molar-refractivity contribution < 1.29 is 25.6 Å². The van der Waals surface area contributed by atoms with Gasteiger partial charge in [-0.25, -0.2) is 0 Å². The zero-order chi connectivity index (χ0) is 16.2. The molecule has 2 aliphatic rings. The molecular formula is C18H18ClFIN2-. The minimum atomic E-state index is -0.249. The molecule has 1 aliphatic carbocycles. The summed E-state index contributed by atoms with van der Waals surface area (Å²) >= 11 is 6.58. The molecule has 1 saturated heterocycles. The summed E-state index contributed by atoms with van der Waals surface area (Å²) in [5, 5.41) is 8.94. The molecule has 0 N–H and O–H groups in total. The monoisotopic (exact) mass is 443 g/mol. The van der Waals surface area contributed by atoms with Gasteiger partial charge in [0, 0.05) is 0 Å². The van der Waals surface area contributed by atoms with E-state index < -0.39 is 0 Å². The molecule has 2 nitrogen and oxygen atoms in total. The summed E-state index contributed by atoms with van der Waals surface area (Å²) < 4.78 is 16.5. The zero-order valence-electron chi connectivity index (χ0n) is 13.1. The van der Waals surface area contributed by atoms with E-state index in [2.05, 4.69) is 30.1 Å². The summed E-state index contributed by atoms with van der Waals surface area (Å²) in [5.41, 5.74) is 3.52. The summed E-state index contributed by atoms with van der Waals surface area (Å²) in [6.07, 6.45) is 0. The predicted octanol–water partition coefficient (Wildman–Crippen LogP) is 0.985. The molecule has 0 saturated carbocycles. The van der Waals surface area contributed by atoms with E-state index in [0.717, 1.165) is 5.69 Å². The van der Waals surface area contributed by atoms with Crippen molar-refractivity contribution in [3.8, 4) is 11.3 Å². The minimum absolute atomic E-state index is 0.0547. The molecule has 0 spiro atoms. The Bertz CT molecular complexity index is 779. The van der Waals surface area contributed by atoms with Crippen LogP contribution < -0.4 is 21.2 Å². The van der Waals surface area contributed by atoms with Gasteiger partial charge in [-0.15, -0.1) is 0 Å². The summed E-state index contributed by atoms with van der Waals surface area (Å²) in [7, 11) is 0. The molecule has 1 aromatic heterocycles. The molecule has 0 radical (unpaired) electrons. The summed E-state index contributed by atoms with van der Waals surface area (Å²) in [6, 6.07) is 8.83. The Morgan fingerprint density at radius 1 is 1.30 bits per heavy atom. The molecule has 5 heteroatoms. The molecule has 2 heterocycles. The molecule has 0 amide bonds. The van der Waals surface area contributed by atoms with E-state index in [1.165, 1.54) is 20.5 Å². The molecule has 1 aliphatic heterocycles. The average molecular weight is 444 g/mol. The first kappa shape index (κ1) is 15.8. The fourth-order valence-corrected chi connectivity index (χ4v) is 9.91. The SMILES string of the molecule is CC1(C)[C@@H]2C[I-]C[C@@]1(CCl)c1nnc(-c3ccccc3F)cc12. The molecular weight excluding hydrogens is 426 g/mol. The Labute approximate surface area is 151 Å². The molecule has 122 valence electrons. The topological polar surface area (TPSA) is 25.8 Å². The van der Waals surface area contributed by atoms with Crippen molar-refractivity contribution in [2.24, 2.45) is 5.41 Å². The van der Waals surface area contributed by atoms with Crippen LogP contribution in [-0.4, -0.2) is 24.9 Å². The number of hydrogen-bond acceptors (Lipinski definition) is 2. The van der Waals surface area contributed by atoms with Gasteiger partial charge in [-0.1, -0.05) is 0 Å². The fraction of sp³-hybridized carbons (Fsp3) is 0.444. The van der Waals surface area contributed by atoms with E-state index in [0.29, 0.717) is 23.1 Å². The second-order valence-corrected chi connectivity index (χ2v) is 9.97. The summed E-state index contributed by atoms with van der Waals surface area (Å²) in [4.78, 5) is 0. The molecule has 2 bridgehead atoms. The first-order chi connectivity index (χ1) is 11.0. The van der Waals surface area contributed by atoms with Crippen molar-refractivity contribution in [3.05, 3.63) is 47.4 Å². The Hall–Kier alpha value is -0.750. The quantitative estimate of drug-likeness (QED) is 0.511. The molecule has 1 fully saturated rings. The number of alkyl halides is 3. The summed E-state index contributed by atoms with van der Waals surface area (Å²) in [5.74, 6) is 0.817. The molecule has 23 heavy (non-hydrogen) atoms. The molecule has 2 atom stereocenters. The number of benzene rings is 1. The Morgan fingerprint density at radius 3 is 2.83 bits per heavy atom. The maximum absolute atomic E-state index is 14.1. The molecule has 2 aromatic rings. The van der Waals surface area contributed by atoms with E-state index in [-0.39, 0.29) is 37.9 Å². The molecule has 0 unspecified atom stereocenters. The van der Waals surface area contributed by atoms with Crippen LogP contribution in [-0.2, 0) is 5.41 Å². The van der Waals surface area contributed by atoms with Crippen molar-refractivity contribution >= 4 is 11.6 Å². The third kappa shape index (κ3) is 2.03. The molecule has 1 aromatic carbocycles. The van der Waals surface area contributed by atoms with Crippen LogP contribution in [0.2, 0.25) is 0 Å². The van der Waals surface area contributed by atoms with Gasteiger partial charge in [0.2, 0.25) is 0 Å². The van der Waals surface area contributed by atoms with E-state index in [4.69, 9.17) is 11.6 Å². The number of rotatable bonds is 2. The number of aromatic nitrogens is 2. The first-order valence-corrected chi connectivity index (χ1v) is 11.3. The first-order valence-electron chi connectivity index (χ1n) is 7.74. The number of halogens is 3. The standard InChI is InChI=1S/C18H18ClFIN2/c1-17(2)13-8-21-10-18(17,9-19)16-12(13)7-15(22-23-16)11-5-3-4-6-14(11)20/h3-7,13H,8-10H2,1-2H3/q-1/t13-,18+/m1/s1. The fourth-order valence-electron chi connectivity index (χ4n) is 3.98. The van der Waals surface area contributed by atoms with E-state index in [1.54, 1.807) is 12.1 Å². The van der Waals surface area contributed by atoms with Crippen LogP contribution in [0.1, 0.15) is 31.0 Å². The third-order valence-corrected chi connectivity index (χ3v) is 9.52. The maximum atomic E-state index is 14.1. The van der Waals surface area contributed by atoms with Crippen molar-refractivity contribution in [1.82, 2.24) is 10.2 Å². The van der Waals surface area contributed by atoms with Crippen molar-refractivity contribution in [2.45, 2.75) is 25.2 Å². The second-order valence-electron chi connectivity index (χ2n) is 6.98. The van der Waals surface area contributed by atoms with Gasteiger partial charge < -0.3 is 0 Å². The number of fused-ring (bicyclic) bond motifs is 5. The van der Waals surface area contributed by atoms with Crippen LogP contribution in [0.4, 0.5) is 4.39 Å². The van der Waals surface area contributed by atoms with Gasteiger partial charge in [-0.2, -0.15) is 0 Å². The molecule has 4 rings (SSSR count).